The molecule has 3 aliphatic rings. The monoisotopic (exact) mass is 412 g/mol. The first kappa shape index (κ1) is 16.3. The van der Waals surface area contributed by atoms with E-state index in [0.717, 1.165) is 53.8 Å². The maximum atomic E-state index is 6.62. The van der Waals surface area contributed by atoms with E-state index in [-0.39, 0.29) is 11.8 Å². The van der Waals surface area contributed by atoms with Crippen LogP contribution in [0.15, 0.2) is 52.3 Å². The number of ether oxygens (including phenoxy) is 1. The van der Waals surface area contributed by atoms with Gasteiger partial charge in [-0.05, 0) is 31.3 Å². The van der Waals surface area contributed by atoms with Crippen LogP contribution >= 0.6 is 15.9 Å². The number of likely N-dealkylation sites (tertiary alicyclic amines) is 1. The van der Waals surface area contributed by atoms with Gasteiger partial charge in [-0.1, -0.05) is 22.0 Å². The van der Waals surface area contributed by atoms with Crippen molar-refractivity contribution in [2.45, 2.75) is 31.0 Å². The lowest BCUT2D eigenvalue weighted by Gasteiger charge is -2.50. The van der Waals surface area contributed by atoms with Crippen molar-refractivity contribution in [3.63, 3.8) is 0 Å². The fraction of sp³-hybridized carbons (Fsp3) is 0.400. The fourth-order valence-electron chi connectivity index (χ4n) is 4.26. The molecular weight excluding hydrogens is 392 g/mol. The number of halogens is 1. The van der Waals surface area contributed by atoms with Gasteiger partial charge in [-0.15, -0.1) is 0 Å². The van der Waals surface area contributed by atoms with E-state index in [2.05, 4.69) is 62.1 Å². The summed E-state index contributed by atoms with van der Waals surface area (Å²) in [5.41, 5.74) is 3.06. The Labute approximate surface area is 161 Å². The van der Waals surface area contributed by atoms with Gasteiger partial charge in [-0.2, -0.15) is 5.10 Å². The molecule has 5 rings (SSSR count). The minimum absolute atomic E-state index is 0.217. The zero-order valence-electron chi connectivity index (χ0n) is 14.7. The first-order chi connectivity index (χ1) is 12.6. The van der Waals surface area contributed by atoms with E-state index in [1.807, 2.05) is 12.3 Å². The van der Waals surface area contributed by atoms with E-state index in [4.69, 9.17) is 9.84 Å². The van der Waals surface area contributed by atoms with Gasteiger partial charge in [0.1, 0.15) is 5.75 Å². The van der Waals surface area contributed by atoms with Crippen LogP contribution in [0.1, 0.15) is 36.4 Å². The number of pyridine rings is 1. The van der Waals surface area contributed by atoms with Crippen LogP contribution in [0, 0.1) is 0 Å². The highest BCUT2D eigenvalue weighted by molar-refractivity contribution is 9.10. The highest BCUT2D eigenvalue weighted by Gasteiger charge is 2.51. The molecule has 134 valence electrons. The Bertz CT molecular complexity index is 861. The summed E-state index contributed by atoms with van der Waals surface area (Å²) in [7, 11) is 2.17. The summed E-state index contributed by atoms with van der Waals surface area (Å²) in [6, 6.07) is 10.6. The number of hydrazone groups is 1. The summed E-state index contributed by atoms with van der Waals surface area (Å²) in [5.74, 6) is 1.00. The molecule has 4 heterocycles. The Morgan fingerprint density at radius 2 is 2.08 bits per heavy atom. The predicted molar refractivity (Wildman–Crippen MR) is 104 cm³/mol. The Morgan fingerprint density at radius 1 is 1.23 bits per heavy atom. The van der Waals surface area contributed by atoms with Crippen LogP contribution in [0.4, 0.5) is 0 Å². The number of benzene rings is 1. The van der Waals surface area contributed by atoms with Gasteiger partial charge in [-0.3, -0.25) is 4.98 Å². The van der Waals surface area contributed by atoms with Crippen LogP contribution in [0.3, 0.4) is 0 Å². The molecule has 1 spiro atoms. The third-order valence-corrected chi connectivity index (χ3v) is 6.22. The summed E-state index contributed by atoms with van der Waals surface area (Å²) < 4.78 is 7.70. The van der Waals surface area contributed by atoms with Gasteiger partial charge >= 0.3 is 0 Å². The molecule has 3 aliphatic heterocycles. The van der Waals surface area contributed by atoms with E-state index in [0.29, 0.717) is 0 Å². The molecule has 0 saturated carbocycles. The molecule has 0 bridgehead atoms. The highest BCUT2D eigenvalue weighted by atomic mass is 79.9. The molecular formula is C20H21BrN4O. The van der Waals surface area contributed by atoms with E-state index >= 15 is 0 Å². The first-order valence-electron chi connectivity index (χ1n) is 9.09. The standard InChI is InChI=1S/C20H21BrN4O/c1-24-9-6-20(7-10-24)25-18(16-11-15(21)4-5-19(16)26-20)12-17(23-25)14-3-2-8-22-13-14/h2-5,8,11,13,18H,6-7,9-10,12H2,1H3/t18-/m1/s1. The third-order valence-electron chi connectivity index (χ3n) is 5.72. The molecule has 0 N–H and O–H groups in total. The minimum atomic E-state index is -0.345. The lowest BCUT2D eigenvalue weighted by atomic mass is 9.91. The van der Waals surface area contributed by atoms with Crippen molar-refractivity contribution in [2.75, 3.05) is 20.1 Å². The van der Waals surface area contributed by atoms with Crippen LogP contribution < -0.4 is 4.74 Å². The normalized spacial score (nSPS) is 24.0. The number of nitrogens with zero attached hydrogens (tertiary/aromatic N) is 4. The second-order valence-electron chi connectivity index (χ2n) is 7.39. The van der Waals surface area contributed by atoms with E-state index in [9.17, 15) is 0 Å². The maximum Gasteiger partial charge on any atom is 0.200 e. The predicted octanol–water partition coefficient (Wildman–Crippen LogP) is 3.81. The van der Waals surface area contributed by atoms with Gasteiger partial charge in [0.05, 0.1) is 11.8 Å². The minimum Gasteiger partial charge on any atom is -0.466 e. The molecule has 1 aromatic heterocycles. The van der Waals surface area contributed by atoms with Gasteiger partial charge in [0.25, 0.3) is 0 Å². The van der Waals surface area contributed by atoms with Crippen LogP contribution in [-0.4, -0.2) is 46.5 Å². The molecule has 1 atom stereocenters. The second-order valence-corrected chi connectivity index (χ2v) is 8.30. The summed E-state index contributed by atoms with van der Waals surface area (Å²) in [4.78, 5) is 6.64. The lowest BCUT2D eigenvalue weighted by Crippen LogP contribution is -2.58. The molecule has 6 heteroatoms. The Morgan fingerprint density at radius 3 is 2.85 bits per heavy atom. The molecule has 1 fully saturated rings. The number of piperidine rings is 1. The van der Waals surface area contributed by atoms with Crippen LogP contribution in [0.25, 0.3) is 0 Å². The van der Waals surface area contributed by atoms with E-state index < -0.39 is 0 Å². The number of hydrogen-bond donors (Lipinski definition) is 0. The Hall–Kier alpha value is -1.92. The Kier molecular flexibility index (Phi) is 3.79. The van der Waals surface area contributed by atoms with Crippen LogP contribution in [0.2, 0.25) is 0 Å². The average Bonchev–Trinajstić information content (AvgIpc) is 3.12. The SMILES string of the molecule is CN1CCC2(CC1)Oc1ccc(Br)cc1[C@H]1CC(c3cccnc3)=NN12. The molecule has 0 radical (unpaired) electrons. The molecule has 1 saturated heterocycles. The van der Waals surface area contributed by atoms with Crippen molar-refractivity contribution >= 4 is 21.6 Å². The van der Waals surface area contributed by atoms with Gasteiger partial charge in [0, 0.05) is 60.3 Å². The summed E-state index contributed by atoms with van der Waals surface area (Å²) in [5, 5.41) is 7.31. The zero-order valence-corrected chi connectivity index (χ0v) is 16.3. The van der Waals surface area contributed by atoms with Gasteiger partial charge in [0.2, 0.25) is 5.72 Å². The van der Waals surface area contributed by atoms with Crippen molar-refractivity contribution in [1.82, 2.24) is 14.9 Å². The fourth-order valence-corrected chi connectivity index (χ4v) is 4.64. The summed E-state index contributed by atoms with van der Waals surface area (Å²) in [6.45, 7) is 2.04. The van der Waals surface area contributed by atoms with E-state index in [1.54, 1.807) is 6.20 Å². The highest BCUT2D eigenvalue weighted by Crippen LogP contribution is 2.50. The van der Waals surface area contributed by atoms with Crippen molar-refractivity contribution in [3.8, 4) is 5.75 Å². The third kappa shape index (κ3) is 2.55. The topological polar surface area (TPSA) is 41.0 Å². The second kappa shape index (κ2) is 6.06. The molecule has 0 unspecified atom stereocenters. The Balaban J connectivity index is 1.60. The summed E-state index contributed by atoms with van der Waals surface area (Å²) in [6.07, 6.45) is 6.51. The number of fused-ring (bicyclic) bond motifs is 4. The molecule has 0 amide bonds. The lowest BCUT2D eigenvalue weighted by molar-refractivity contribution is -0.147. The van der Waals surface area contributed by atoms with E-state index in [1.165, 1.54) is 5.56 Å². The molecule has 1 aromatic carbocycles. The smallest absolute Gasteiger partial charge is 0.200 e. The van der Waals surface area contributed by atoms with Crippen molar-refractivity contribution < 1.29 is 4.74 Å². The van der Waals surface area contributed by atoms with Gasteiger partial charge < -0.3 is 9.64 Å². The largest absolute Gasteiger partial charge is 0.466 e. The quantitative estimate of drug-likeness (QED) is 0.713. The van der Waals surface area contributed by atoms with Crippen LogP contribution in [0.5, 0.6) is 5.75 Å². The van der Waals surface area contributed by atoms with Crippen molar-refractivity contribution in [2.24, 2.45) is 5.10 Å². The van der Waals surface area contributed by atoms with Crippen molar-refractivity contribution in [1.29, 1.82) is 0 Å². The maximum absolute atomic E-state index is 6.62. The average molecular weight is 413 g/mol. The number of hydrogen-bond acceptors (Lipinski definition) is 5. The molecule has 5 nitrogen and oxygen atoms in total. The molecule has 0 aliphatic carbocycles. The molecule has 2 aromatic rings. The zero-order chi connectivity index (χ0) is 17.7. The number of rotatable bonds is 1. The number of aromatic nitrogens is 1. The van der Waals surface area contributed by atoms with Crippen molar-refractivity contribution in [3.05, 3.63) is 58.3 Å². The van der Waals surface area contributed by atoms with Crippen LogP contribution in [-0.2, 0) is 0 Å². The van der Waals surface area contributed by atoms with Gasteiger partial charge in [0.15, 0.2) is 0 Å². The summed E-state index contributed by atoms with van der Waals surface area (Å²) >= 11 is 3.61. The molecule has 26 heavy (non-hydrogen) atoms. The van der Waals surface area contributed by atoms with Gasteiger partial charge in [-0.25, -0.2) is 5.01 Å². The first-order valence-corrected chi connectivity index (χ1v) is 9.88.